The Morgan fingerprint density at radius 2 is 1.95 bits per heavy atom. The molecule has 20 heavy (non-hydrogen) atoms. The van der Waals surface area contributed by atoms with Crippen LogP contribution in [0.25, 0.3) is 0 Å². The molecule has 0 radical (unpaired) electrons. The first-order valence-electron chi connectivity index (χ1n) is 6.68. The molecule has 4 heteroatoms. The number of hydrogen-bond donors (Lipinski definition) is 0. The van der Waals surface area contributed by atoms with Gasteiger partial charge >= 0.3 is 0 Å². The van der Waals surface area contributed by atoms with Crippen LogP contribution in [0.3, 0.4) is 0 Å². The molecule has 2 rings (SSSR count). The number of rotatable bonds is 4. The second-order valence-corrected chi connectivity index (χ2v) is 6.27. The van der Waals surface area contributed by atoms with Gasteiger partial charge in [0.1, 0.15) is 0 Å². The second kappa shape index (κ2) is 5.92. The third kappa shape index (κ3) is 2.70. The maximum Gasteiger partial charge on any atom is 0.246 e. The van der Waals surface area contributed by atoms with Crippen LogP contribution in [0.2, 0.25) is 0 Å². The standard InChI is InChI=1S/C16H18BrNO2/c1-4-14(19)18-9-13(15(18)16(20)10(2)3)11-5-7-12(17)8-6-11/h4-8,10,13,15H,1,9H2,2-3H3/t13-,15-/m1/s1. The number of likely N-dealkylation sites (tertiary alicyclic amines) is 1. The molecule has 0 saturated carbocycles. The summed E-state index contributed by atoms with van der Waals surface area (Å²) in [7, 11) is 0. The Morgan fingerprint density at radius 3 is 2.45 bits per heavy atom. The highest BCUT2D eigenvalue weighted by Gasteiger charge is 2.46. The van der Waals surface area contributed by atoms with Gasteiger partial charge in [-0.05, 0) is 23.8 Å². The summed E-state index contributed by atoms with van der Waals surface area (Å²) >= 11 is 3.40. The minimum atomic E-state index is -0.360. The van der Waals surface area contributed by atoms with Gasteiger partial charge < -0.3 is 4.90 Å². The van der Waals surface area contributed by atoms with Crippen molar-refractivity contribution in [1.29, 1.82) is 0 Å². The van der Waals surface area contributed by atoms with Gasteiger partial charge in [-0.1, -0.05) is 48.5 Å². The summed E-state index contributed by atoms with van der Waals surface area (Å²) in [5, 5.41) is 0. The van der Waals surface area contributed by atoms with Gasteiger partial charge in [-0.3, -0.25) is 9.59 Å². The maximum atomic E-state index is 12.4. The molecule has 0 unspecified atom stereocenters. The Hall–Kier alpha value is -1.42. The summed E-state index contributed by atoms with van der Waals surface area (Å²) in [6.07, 6.45) is 1.28. The number of halogens is 1. The molecule has 0 N–H and O–H groups in total. The fourth-order valence-electron chi connectivity index (χ4n) is 2.54. The Balaban J connectivity index is 2.26. The van der Waals surface area contributed by atoms with E-state index in [-0.39, 0.29) is 29.6 Å². The molecule has 1 aromatic rings. The molecule has 1 aliphatic rings. The topological polar surface area (TPSA) is 37.4 Å². The molecular formula is C16H18BrNO2. The van der Waals surface area contributed by atoms with Crippen LogP contribution in [0.15, 0.2) is 41.4 Å². The first kappa shape index (κ1) is 15.0. The van der Waals surface area contributed by atoms with Crippen molar-refractivity contribution < 1.29 is 9.59 Å². The van der Waals surface area contributed by atoms with Gasteiger partial charge in [0.15, 0.2) is 5.78 Å². The number of nitrogens with zero attached hydrogens (tertiary/aromatic N) is 1. The van der Waals surface area contributed by atoms with Gasteiger partial charge in [0, 0.05) is 22.9 Å². The summed E-state index contributed by atoms with van der Waals surface area (Å²) in [6, 6.07) is 7.58. The number of Topliss-reactive ketones (excluding diaryl/α,β-unsaturated/α-hetero) is 1. The molecule has 3 nitrogen and oxygen atoms in total. The molecule has 1 heterocycles. The first-order valence-corrected chi connectivity index (χ1v) is 7.47. The fraction of sp³-hybridized carbons (Fsp3) is 0.375. The van der Waals surface area contributed by atoms with Crippen molar-refractivity contribution in [3.05, 3.63) is 47.0 Å². The van der Waals surface area contributed by atoms with Gasteiger partial charge in [0.05, 0.1) is 6.04 Å². The largest absolute Gasteiger partial charge is 0.328 e. The molecule has 0 aliphatic carbocycles. The number of carbonyl (C=O) groups excluding carboxylic acids is 2. The molecule has 106 valence electrons. The summed E-state index contributed by atoms with van der Waals surface area (Å²) < 4.78 is 1.01. The average Bonchev–Trinajstić information content (AvgIpc) is 2.39. The molecule has 1 aliphatic heterocycles. The quantitative estimate of drug-likeness (QED) is 0.792. The van der Waals surface area contributed by atoms with E-state index in [1.807, 2.05) is 38.1 Å². The van der Waals surface area contributed by atoms with Crippen LogP contribution in [0.5, 0.6) is 0 Å². The minimum absolute atomic E-state index is 0.0848. The van der Waals surface area contributed by atoms with Crippen LogP contribution >= 0.6 is 15.9 Å². The smallest absolute Gasteiger partial charge is 0.246 e. The zero-order valence-corrected chi connectivity index (χ0v) is 13.3. The molecular weight excluding hydrogens is 318 g/mol. The highest BCUT2D eigenvalue weighted by molar-refractivity contribution is 9.10. The van der Waals surface area contributed by atoms with E-state index < -0.39 is 0 Å². The van der Waals surface area contributed by atoms with Gasteiger partial charge in [-0.15, -0.1) is 0 Å². The number of amides is 1. The lowest BCUT2D eigenvalue weighted by Crippen LogP contribution is -2.61. The number of benzene rings is 1. The van der Waals surface area contributed by atoms with E-state index in [1.54, 1.807) is 4.90 Å². The fourth-order valence-corrected chi connectivity index (χ4v) is 2.80. The second-order valence-electron chi connectivity index (χ2n) is 5.35. The molecule has 0 spiro atoms. The molecule has 0 aromatic heterocycles. The normalized spacial score (nSPS) is 21.5. The Labute approximate surface area is 127 Å². The highest BCUT2D eigenvalue weighted by Crippen LogP contribution is 2.36. The zero-order valence-electron chi connectivity index (χ0n) is 11.7. The Bertz CT molecular complexity index is 536. The van der Waals surface area contributed by atoms with Crippen molar-refractivity contribution in [2.75, 3.05) is 6.54 Å². The zero-order chi connectivity index (χ0) is 14.9. The molecule has 1 amide bonds. The molecule has 1 fully saturated rings. The van der Waals surface area contributed by atoms with Crippen LogP contribution < -0.4 is 0 Å². The maximum absolute atomic E-state index is 12.4. The van der Waals surface area contributed by atoms with Crippen molar-refractivity contribution in [2.45, 2.75) is 25.8 Å². The SMILES string of the molecule is C=CC(=O)N1C[C@H](c2ccc(Br)cc2)[C@@H]1C(=O)C(C)C. The van der Waals surface area contributed by atoms with Crippen LogP contribution in [-0.2, 0) is 9.59 Å². The van der Waals surface area contributed by atoms with Crippen LogP contribution in [-0.4, -0.2) is 29.2 Å². The minimum Gasteiger partial charge on any atom is -0.328 e. The first-order chi connectivity index (χ1) is 9.45. The van der Waals surface area contributed by atoms with E-state index in [2.05, 4.69) is 22.5 Å². The number of ketones is 1. The van der Waals surface area contributed by atoms with E-state index in [9.17, 15) is 9.59 Å². The lowest BCUT2D eigenvalue weighted by atomic mass is 9.77. The van der Waals surface area contributed by atoms with E-state index >= 15 is 0 Å². The Morgan fingerprint density at radius 1 is 1.35 bits per heavy atom. The van der Waals surface area contributed by atoms with Gasteiger partial charge in [0.2, 0.25) is 5.91 Å². The third-order valence-electron chi connectivity index (χ3n) is 3.73. The molecule has 0 bridgehead atoms. The van der Waals surface area contributed by atoms with E-state index in [0.29, 0.717) is 6.54 Å². The lowest BCUT2D eigenvalue weighted by molar-refractivity contribution is -0.146. The van der Waals surface area contributed by atoms with Crippen molar-refractivity contribution in [2.24, 2.45) is 5.92 Å². The summed E-state index contributed by atoms with van der Waals surface area (Å²) in [6.45, 7) is 7.82. The highest BCUT2D eigenvalue weighted by atomic mass is 79.9. The Kier molecular flexibility index (Phi) is 4.43. The monoisotopic (exact) mass is 335 g/mol. The van der Waals surface area contributed by atoms with Crippen LogP contribution in [0, 0.1) is 5.92 Å². The molecule has 1 aromatic carbocycles. The van der Waals surface area contributed by atoms with Crippen molar-refractivity contribution in [3.8, 4) is 0 Å². The van der Waals surface area contributed by atoms with Gasteiger partial charge in [0.25, 0.3) is 0 Å². The lowest BCUT2D eigenvalue weighted by Gasteiger charge is -2.47. The third-order valence-corrected chi connectivity index (χ3v) is 4.26. The summed E-state index contributed by atoms with van der Waals surface area (Å²) in [4.78, 5) is 25.8. The van der Waals surface area contributed by atoms with Crippen LogP contribution in [0.1, 0.15) is 25.3 Å². The van der Waals surface area contributed by atoms with Crippen molar-refractivity contribution >= 4 is 27.6 Å². The number of carbonyl (C=O) groups is 2. The van der Waals surface area contributed by atoms with Gasteiger partial charge in [-0.2, -0.15) is 0 Å². The average molecular weight is 336 g/mol. The summed E-state index contributed by atoms with van der Waals surface area (Å²) in [5.41, 5.74) is 1.10. The molecule has 1 saturated heterocycles. The van der Waals surface area contributed by atoms with Crippen molar-refractivity contribution in [1.82, 2.24) is 4.90 Å². The van der Waals surface area contributed by atoms with Crippen LogP contribution in [0.4, 0.5) is 0 Å². The van der Waals surface area contributed by atoms with E-state index in [4.69, 9.17) is 0 Å². The predicted octanol–water partition coefficient (Wildman–Crippen LogP) is 3.15. The molecule has 2 atom stereocenters. The predicted molar refractivity (Wildman–Crippen MR) is 82.4 cm³/mol. The van der Waals surface area contributed by atoms with Gasteiger partial charge in [-0.25, -0.2) is 0 Å². The van der Waals surface area contributed by atoms with E-state index in [1.165, 1.54) is 6.08 Å². The van der Waals surface area contributed by atoms with Crippen molar-refractivity contribution in [3.63, 3.8) is 0 Å². The summed E-state index contributed by atoms with van der Waals surface area (Å²) in [5.74, 6) is -0.0583. The number of hydrogen-bond acceptors (Lipinski definition) is 2. The van der Waals surface area contributed by atoms with E-state index in [0.717, 1.165) is 10.0 Å².